The molecular formula is C31H27FN6O. The largest absolute Gasteiger partial charge is 0.385 e. The maximum Gasteiger partial charge on any atom is 0.227 e. The first-order valence-electron chi connectivity index (χ1n) is 12.8. The van der Waals surface area contributed by atoms with Crippen molar-refractivity contribution in [1.29, 1.82) is 0 Å². The van der Waals surface area contributed by atoms with Crippen LogP contribution in [0.25, 0.3) is 39.0 Å². The van der Waals surface area contributed by atoms with Gasteiger partial charge in [-0.3, -0.25) is 14.9 Å². The number of fused-ring (bicyclic) bond motifs is 1. The lowest BCUT2D eigenvalue weighted by Gasteiger charge is -2.08. The van der Waals surface area contributed by atoms with Crippen molar-refractivity contribution in [3.63, 3.8) is 0 Å². The number of benzene rings is 2. The second-order valence-electron chi connectivity index (χ2n) is 9.65. The number of aromatic amines is 2. The van der Waals surface area contributed by atoms with Crippen LogP contribution >= 0.6 is 0 Å². The number of carbonyl (C=O) groups excluding carboxylic acids is 1. The van der Waals surface area contributed by atoms with Gasteiger partial charge in [0.2, 0.25) is 5.91 Å². The first-order valence-corrected chi connectivity index (χ1v) is 12.8. The third-order valence-electron chi connectivity index (χ3n) is 6.86. The minimum Gasteiger partial charge on any atom is -0.385 e. The molecule has 0 aliphatic heterocycles. The molecule has 0 bridgehead atoms. The Morgan fingerprint density at radius 3 is 2.72 bits per heavy atom. The van der Waals surface area contributed by atoms with E-state index in [0.717, 1.165) is 34.9 Å². The van der Waals surface area contributed by atoms with Crippen LogP contribution < -0.4 is 11.1 Å². The highest BCUT2D eigenvalue weighted by atomic mass is 19.1. The van der Waals surface area contributed by atoms with Gasteiger partial charge in [0, 0.05) is 34.2 Å². The molecule has 1 fully saturated rings. The summed E-state index contributed by atoms with van der Waals surface area (Å²) in [6.07, 6.45) is 10.9. The number of nitrogens with one attached hydrogen (secondary N) is 3. The van der Waals surface area contributed by atoms with Crippen LogP contribution in [0.3, 0.4) is 0 Å². The summed E-state index contributed by atoms with van der Waals surface area (Å²) in [5, 5.41) is 11.5. The number of nitrogen functional groups attached to an aromatic ring is 1. The summed E-state index contributed by atoms with van der Waals surface area (Å²) in [6, 6.07) is 16.4. The molecule has 0 saturated heterocycles. The molecule has 2 aromatic carbocycles. The SMILES string of the molecule is CC=C/C=C(/c1ccccc1F)c1cc(-c2n[nH]c3ccc(-c4cncc(NC(=O)C5CC5)c4)cc23)[nH]c1N. The van der Waals surface area contributed by atoms with Gasteiger partial charge in [0.15, 0.2) is 0 Å². The summed E-state index contributed by atoms with van der Waals surface area (Å²) in [5.41, 5.74) is 13.0. The Labute approximate surface area is 224 Å². The molecule has 7 nitrogen and oxygen atoms in total. The van der Waals surface area contributed by atoms with E-state index in [1.54, 1.807) is 30.6 Å². The van der Waals surface area contributed by atoms with Crippen molar-refractivity contribution < 1.29 is 9.18 Å². The molecule has 194 valence electrons. The minimum atomic E-state index is -0.325. The predicted octanol–water partition coefficient (Wildman–Crippen LogP) is 6.70. The van der Waals surface area contributed by atoms with E-state index in [1.165, 1.54) is 6.07 Å². The predicted molar refractivity (Wildman–Crippen MR) is 153 cm³/mol. The van der Waals surface area contributed by atoms with Gasteiger partial charge in [-0.05, 0) is 61.2 Å². The van der Waals surface area contributed by atoms with Crippen LogP contribution in [0.4, 0.5) is 15.9 Å². The number of anilines is 2. The number of carbonyl (C=O) groups is 1. The van der Waals surface area contributed by atoms with Crippen molar-refractivity contribution in [2.45, 2.75) is 19.8 Å². The molecule has 0 radical (unpaired) electrons. The molecule has 1 aliphatic carbocycles. The Hall–Kier alpha value is -4.98. The third-order valence-corrected chi connectivity index (χ3v) is 6.86. The standard InChI is InChI=1S/C31H27FN6O/c1-2-3-6-22(23-7-4-5-8-26(23)32)24-15-28(36-30(24)33)29-25-14-19(11-12-27(25)37-38-29)20-13-21(17-34-16-20)35-31(39)18-9-10-18/h2-8,11-18,36H,9-10,33H2,1H3,(H,35,39)(H,37,38)/b3-2?,22-6-. The van der Waals surface area contributed by atoms with Crippen LogP contribution in [0.2, 0.25) is 0 Å². The number of allylic oxidation sites excluding steroid dienone is 3. The number of aromatic nitrogens is 4. The molecule has 0 atom stereocenters. The van der Waals surface area contributed by atoms with Crippen molar-refractivity contribution >= 4 is 33.9 Å². The zero-order valence-electron chi connectivity index (χ0n) is 21.3. The third kappa shape index (κ3) is 4.84. The van der Waals surface area contributed by atoms with Crippen molar-refractivity contribution in [3.8, 4) is 22.5 Å². The number of amides is 1. The first-order chi connectivity index (χ1) is 19.0. The van der Waals surface area contributed by atoms with Crippen LogP contribution in [-0.2, 0) is 4.79 Å². The number of rotatable bonds is 7. The highest BCUT2D eigenvalue weighted by molar-refractivity contribution is 5.98. The molecule has 3 heterocycles. The lowest BCUT2D eigenvalue weighted by Crippen LogP contribution is -2.13. The van der Waals surface area contributed by atoms with E-state index < -0.39 is 0 Å². The van der Waals surface area contributed by atoms with Crippen molar-refractivity contribution in [2.75, 3.05) is 11.1 Å². The van der Waals surface area contributed by atoms with E-state index >= 15 is 0 Å². The summed E-state index contributed by atoms with van der Waals surface area (Å²) in [4.78, 5) is 19.8. The Bertz CT molecular complexity index is 1760. The van der Waals surface area contributed by atoms with E-state index in [1.807, 2.05) is 55.5 Å². The van der Waals surface area contributed by atoms with Crippen molar-refractivity contribution in [1.82, 2.24) is 20.2 Å². The maximum absolute atomic E-state index is 14.8. The Morgan fingerprint density at radius 1 is 1.08 bits per heavy atom. The molecule has 0 unspecified atom stereocenters. The Balaban J connectivity index is 1.38. The average molecular weight is 519 g/mol. The molecule has 3 aromatic heterocycles. The normalized spacial score (nSPS) is 13.8. The van der Waals surface area contributed by atoms with Gasteiger partial charge >= 0.3 is 0 Å². The molecular weight excluding hydrogens is 491 g/mol. The summed E-state index contributed by atoms with van der Waals surface area (Å²) >= 11 is 0. The minimum absolute atomic E-state index is 0.0416. The first kappa shape index (κ1) is 24.4. The van der Waals surface area contributed by atoms with Gasteiger partial charge in [-0.1, -0.05) is 42.5 Å². The van der Waals surface area contributed by atoms with Gasteiger partial charge in [0.25, 0.3) is 0 Å². The number of hydrogen-bond donors (Lipinski definition) is 4. The van der Waals surface area contributed by atoms with E-state index in [2.05, 4.69) is 25.5 Å². The Kier molecular flexibility index (Phi) is 6.28. The van der Waals surface area contributed by atoms with Crippen LogP contribution in [0.5, 0.6) is 0 Å². The summed E-state index contributed by atoms with van der Waals surface area (Å²) in [5.74, 6) is 0.247. The number of H-pyrrole nitrogens is 2. The van der Waals surface area contributed by atoms with Crippen LogP contribution in [0.15, 0.2) is 85.2 Å². The zero-order valence-corrected chi connectivity index (χ0v) is 21.3. The quantitative estimate of drug-likeness (QED) is 0.180. The highest BCUT2D eigenvalue weighted by Crippen LogP contribution is 2.36. The van der Waals surface area contributed by atoms with E-state index in [4.69, 9.17) is 5.73 Å². The number of nitrogens with two attached hydrogens (primary N) is 1. The van der Waals surface area contributed by atoms with Crippen LogP contribution in [-0.4, -0.2) is 26.1 Å². The van der Waals surface area contributed by atoms with Gasteiger partial charge in [-0.2, -0.15) is 5.10 Å². The summed E-state index contributed by atoms with van der Waals surface area (Å²) in [6.45, 7) is 1.90. The zero-order chi connectivity index (χ0) is 26.9. The fourth-order valence-corrected chi connectivity index (χ4v) is 4.67. The van der Waals surface area contributed by atoms with Gasteiger partial charge < -0.3 is 16.0 Å². The average Bonchev–Trinajstić information content (AvgIpc) is 3.62. The molecule has 0 spiro atoms. The number of pyridine rings is 1. The molecule has 1 aliphatic rings. The van der Waals surface area contributed by atoms with Gasteiger partial charge in [0.1, 0.15) is 17.3 Å². The topological polar surface area (TPSA) is 112 Å². The molecule has 6 rings (SSSR count). The fraction of sp³-hybridized carbons (Fsp3) is 0.129. The van der Waals surface area contributed by atoms with Gasteiger partial charge in [-0.15, -0.1) is 0 Å². The molecule has 1 amide bonds. The van der Waals surface area contributed by atoms with Crippen LogP contribution in [0, 0.1) is 11.7 Å². The number of hydrogen-bond acceptors (Lipinski definition) is 4. The second kappa shape index (κ2) is 10.1. The smallest absolute Gasteiger partial charge is 0.227 e. The lowest BCUT2D eigenvalue weighted by molar-refractivity contribution is -0.117. The van der Waals surface area contributed by atoms with E-state index in [-0.39, 0.29) is 17.6 Å². The molecule has 8 heteroatoms. The molecule has 39 heavy (non-hydrogen) atoms. The number of halogens is 1. The molecule has 1 saturated carbocycles. The van der Waals surface area contributed by atoms with Gasteiger partial charge in [0.05, 0.1) is 23.1 Å². The monoisotopic (exact) mass is 518 g/mol. The van der Waals surface area contributed by atoms with Crippen molar-refractivity contribution in [3.05, 3.63) is 102 Å². The molecule has 5 N–H and O–H groups in total. The Morgan fingerprint density at radius 2 is 1.92 bits per heavy atom. The summed E-state index contributed by atoms with van der Waals surface area (Å²) < 4.78 is 14.8. The molecule has 5 aromatic rings. The van der Waals surface area contributed by atoms with Crippen molar-refractivity contribution in [2.24, 2.45) is 5.92 Å². The van der Waals surface area contributed by atoms with Crippen LogP contribution in [0.1, 0.15) is 30.9 Å². The number of nitrogens with zero attached hydrogens (tertiary/aromatic N) is 2. The fourth-order valence-electron chi connectivity index (χ4n) is 4.67. The second-order valence-corrected chi connectivity index (χ2v) is 9.65. The lowest BCUT2D eigenvalue weighted by atomic mass is 9.97. The van der Waals surface area contributed by atoms with E-state index in [9.17, 15) is 9.18 Å². The highest BCUT2D eigenvalue weighted by Gasteiger charge is 2.29. The maximum atomic E-state index is 14.8. The van der Waals surface area contributed by atoms with E-state index in [0.29, 0.717) is 39.6 Å². The summed E-state index contributed by atoms with van der Waals surface area (Å²) in [7, 11) is 0. The van der Waals surface area contributed by atoms with Gasteiger partial charge in [-0.25, -0.2) is 4.39 Å².